The molecular formula is C23H24N8O2. The standard InChI is InChI=1S/C23H24N8O2/c32-22(18-12-28-30(16-18)20-6-4-8-24-14-20)26-10-2-1-3-11-27-23(33)19-13-29-31(17-19)21-7-5-9-25-15-21/h4-9,12-17H,1-3,10-11H2,(H,26,32)(H,27,33). The van der Waals surface area contributed by atoms with Gasteiger partial charge in [0.25, 0.3) is 11.8 Å². The number of carbonyl (C=O) groups is 2. The quantitative estimate of drug-likeness (QED) is 0.362. The van der Waals surface area contributed by atoms with Crippen LogP contribution in [0.15, 0.2) is 73.8 Å². The number of nitrogens with zero attached hydrogens (tertiary/aromatic N) is 6. The molecule has 168 valence electrons. The van der Waals surface area contributed by atoms with Crippen LogP contribution in [-0.2, 0) is 0 Å². The molecule has 10 heteroatoms. The number of unbranched alkanes of at least 4 members (excludes halogenated alkanes) is 2. The van der Waals surface area contributed by atoms with E-state index in [2.05, 4.69) is 30.8 Å². The first kappa shape index (κ1) is 21.9. The summed E-state index contributed by atoms with van der Waals surface area (Å²) in [6.45, 7) is 1.12. The Balaban J connectivity index is 1.12. The number of nitrogens with one attached hydrogen (secondary N) is 2. The van der Waals surface area contributed by atoms with Crippen molar-refractivity contribution in [3.63, 3.8) is 0 Å². The molecule has 0 aliphatic heterocycles. The van der Waals surface area contributed by atoms with E-state index in [1.165, 1.54) is 12.4 Å². The van der Waals surface area contributed by atoms with Gasteiger partial charge >= 0.3 is 0 Å². The third kappa shape index (κ3) is 5.88. The molecule has 2 N–H and O–H groups in total. The van der Waals surface area contributed by atoms with Crippen molar-refractivity contribution >= 4 is 11.8 Å². The van der Waals surface area contributed by atoms with Crippen molar-refractivity contribution in [1.82, 2.24) is 40.2 Å². The zero-order valence-corrected chi connectivity index (χ0v) is 18.0. The SMILES string of the molecule is O=C(NCCCCCNC(=O)c1cnn(-c2cccnc2)c1)c1cnn(-c2cccnc2)c1. The summed E-state index contributed by atoms with van der Waals surface area (Å²) in [5.74, 6) is -0.326. The van der Waals surface area contributed by atoms with Crippen molar-refractivity contribution in [3.8, 4) is 11.4 Å². The van der Waals surface area contributed by atoms with Crippen LogP contribution < -0.4 is 10.6 Å². The molecule has 4 aromatic rings. The largest absolute Gasteiger partial charge is 0.352 e. The molecule has 0 spiro atoms. The Hall–Kier alpha value is -4.34. The Morgan fingerprint density at radius 1 is 0.697 bits per heavy atom. The molecule has 0 radical (unpaired) electrons. The molecule has 0 aliphatic rings. The van der Waals surface area contributed by atoms with Crippen LogP contribution in [0.1, 0.15) is 40.0 Å². The molecule has 0 aromatic carbocycles. The van der Waals surface area contributed by atoms with Crippen LogP contribution in [0, 0.1) is 0 Å². The van der Waals surface area contributed by atoms with Crippen LogP contribution in [0.25, 0.3) is 11.4 Å². The number of carbonyl (C=O) groups excluding carboxylic acids is 2. The summed E-state index contributed by atoms with van der Waals surface area (Å²) < 4.78 is 3.23. The first-order valence-electron chi connectivity index (χ1n) is 10.7. The molecule has 0 saturated heterocycles. The zero-order chi connectivity index (χ0) is 22.9. The number of rotatable bonds is 10. The van der Waals surface area contributed by atoms with Gasteiger partial charge in [0.15, 0.2) is 0 Å². The van der Waals surface area contributed by atoms with Gasteiger partial charge in [0, 0.05) is 37.9 Å². The lowest BCUT2D eigenvalue weighted by atomic mass is 10.2. The average Bonchev–Trinajstić information content (AvgIpc) is 3.55. The Bertz CT molecular complexity index is 1090. The molecule has 0 bridgehead atoms. The summed E-state index contributed by atoms with van der Waals surface area (Å²) in [4.78, 5) is 32.7. The van der Waals surface area contributed by atoms with Crippen LogP contribution in [0.2, 0.25) is 0 Å². The maximum absolute atomic E-state index is 12.3. The van der Waals surface area contributed by atoms with Gasteiger partial charge in [-0.25, -0.2) is 9.36 Å². The van der Waals surface area contributed by atoms with Crippen molar-refractivity contribution in [2.75, 3.05) is 13.1 Å². The third-order valence-electron chi connectivity index (χ3n) is 4.94. The van der Waals surface area contributed by atoms with Crippen LogP contribution in [0.5, 0.6) is 0 Å². The minimum absolute atomic E-state index is 0.163. The molecule has 0 saturated carbocycles. The fraction of sp³-hybridized carbons (Fsp3) is 0.217. The van der Waals surface area contributed by atoms with Crippen molar-refractivity contribution in [1.29, 1.82) is 0 Å². The molecule has 10 nitrogen and oxygen atoms in total. The minimum Gasteiger partial charge on any atom is -0.352 e. The highest BCUT2D eigenvalue weighted by Crippen LogP contribution is 2.07. The predicted octanol–water partition coefficient (Wildman–Crippen LogP) is 2.18. The molecule has 4 aromatic heterocycles. The lowest BCUT2D eigenvalue weighted by molar-refractivity contribution is 0.0947. The second-order valence-electron chi connectivity index (χ2n) is 7.34. The van der Waals surface area contributed by atoms with Gasteiger partial charge in [0.2, 0.25) is 0 Å². The van der Waals surface area contributed by atoms with Gasteiger partial charge < -0.3 is 10.6 Å². The smallest absolute Gasteiger partial charge is 0.254 e. The van der Waals surface area contributed by atoms with Gasteiger partial charge in [-0.2, -0.15) is 10.2 Å². The summed E-state index contributed by atoms with van der Waals surface area (Å²) in [6, 6.07) is 7.36. The van der Waals surface area contributed by atoms with E-state index in [-0.39, 0.29) is 11.8 Å². The summed E-state index contributed by atoms with van der Waals surface area (Å²) in [5, 5.41) is 14.2. The number of amides is 2. The second-order valence-corrected chi connectivity index (χ2v) is 7.34. The second kappa shape index (κ2) is 10.8. The molecule has 33 heavy (non-hydrogen) atoms. The molecule has 4 rings (SSSR count). The first-order valence-corrected chi connectivity index (χ1v) is 10.7. The fourth-order valence-corrected chi connectivity index (χ4v) is 3.18. The molecule has 0 fully saturated rings. The summed E-state index contributed by atoms with van der Waals surface area (Å²) >= 11 is 0. The number of hydrogen-bond acceptors (Lipinski definition) is 6. The van der Waals surface area contributed by atoms with Gasteiger partial charge in [-0.1, -0.05) is 0 Å². The van der Waals surface area contributed by atoms with Gasteiger partial charge in [0.1, 0.15) is 0 Å². The van der Waals surface area contributed by atoms with E-state index in [0.29, 0.717) is 24.2 Å². The van der Waals surface area contributed by atoms with Gasteiger partial charge in [-0.15, -0.1) is 0 Å². The van der Waals surface area contributed by atoms with Crippen molar-refractivity contribution in [3.05, 3.63) is 85.0 Å². The van der Waals surface area contributed by atoms with Crippen LogP contribution in [0.3, 0.4) is 0 Å². The Morgan fingerprint density at radius 2 is 1.18 bits per heavy atom. The Morgan fingerprint density at radius 3 is 1.61 bits per heavy atom. The molecule has 2 amide bonds. The van der Waals surface area contributed by atoms with E-state index in [4.69, 9.17) is 0 Å². The number of hydrogen-bond donors (Lipinski definition) is 2. The molecule has 0 aliphatic carbocycles. The maximum atomic E-state index is 12.3. The van der Waals surface area contributed by atoms with Gasteiger partial charge in [-0.3, -0.25) is 19.6 Å². The predicted molar refractivity (Wildman–Crippen MR) is 121 cm³/mol. The zero-order valence-electron chi connectivity index (χ0n) is 18.0. The monoisotopic (exact) mass is 444 g/mol. The van der Waals surface area contributed by atoms with E-state index in [1.54, 1.807) is 46.5 Å². The average molecular weight is 444 g/mol. The summed E-state index contributed by atoms with van der Waals surface area (Å²) in [6.07, 6.45) is 15.7. The fourth-order valence-electron chi connectivity index (χ4n) is 3.18. The normalized spacial score (nSPS) is 10.7. The van der Waals surface area contributed by atoms with Crippen LogP contribution in [0.4, 0.5) is 0 Å². The highest BCUT2D eigenvalue weighted by molar-refractivity contribution is 5.94. The van der Waals surface area contributed by atoms with E-state index in [9.17, 15) is 9.59 Å². The molecule has 4 heterocycles. The van der Waals surface area contributed by atoms with Crippen LogP contribution >= 0.6 is 0 Å². The Labute approximate surface area is 190 Å². The molecule has 0 unspecified atom stereocenters. The van der Waals surface area contributed by atoms with E-state index >= 15 is 0 Å². The Kier molecular flexibility index (Phi) is 7.16. The number of pyridine rings is 2. The highest BCUT2D eigenvalue weighted by atomic mass is 16.2. The van der Waals surface area contributed by atoms with Gasteiger partial charge in [0.05, 0.1) is 47.3 Å². The summed E-state index contributed by atoms with van der Waals surface area (Å²) in [5.41, 5.74) is 2.59. The third-order valence-corrected chi connectivity index (χ3v) is 4.94. The number of aromatic nitrogens is 6. The minimum atomic E-state index is -0.163. The highest BCUT2D eigenvalue weighted by Gasteiger charge is 2.10. The van der Waals surface area contributed by atoms with E-state index < -0.39 is 0 Å². The van der Waals surface area contributed by atoms with Crippen molar-refractivity contribution < 1.29 is 9.59 Å². The topological polar surface area (TPSA) is 120 Å². The van der Waals surface area contributed by atoms with Crippen LogP contribution in [-0.4, -0.2) is 54.4 Å². The molecule has 0 atom stereocenters. The lowest BCUT2D eigenvalue weighted by Crippen LogP contribution is -2.25. The van der Waals surface area contributed by atoms with Crippen molar-refractivity contribution in [2.24, 2.45) is 0 Å². The van der Waals surface area contributed by atoms with E-state index in [0.717, 1.165) is 30.6 Å². The van der Waals surface area contributed by atoms with Crippen molar-refractivity contribution in [2.45, 2.75) is 19.3 Å². The van der Waals surface area contributed by atoms with E-state index in [1.807, 2.05) is 24.3 Å². The maximum Gasteiger partial charge on any atom is 0.254 e. The summed E-state index contributed by atoms with van der Waals surface area (Å²) in [7, 11) is 0. The molecular weight excluding hydrogens is 420 g/mol. The lowest BCUT2D eigenvalue weighted by Gasteiger charge is -2.05. The first-order chi connectivity index (χ1) is 16.2. The van der Waals surface area contributed by atoms with Gasteiger partial charge in [-0.05, 0) is 43.5 Å².